The van der Waals surface area contributed by atoms with E-state index in [1.54, 1.807) is 10.9 Å². The number of nitrogens with zero attached hydrogens (tertiary/aromatic N) is 2. The first-order valence-corrected chi connectivity index (χ1v) is 11.3. The minimum Gasteiger partial charge on any atom is -0.343 e. The molecule has 168 valence electrons. The third-order valence-corrected chi connectivity index (χ3v) is 6.54. The Kier molecular flexibility index (Phi) is 4.96. The van der Waals surface area contributed by atoms with Gasteiger partial charge in [0, 0.05) is 23.4 Å². The number of anilines is 2. The fourth-order valence-electron chi connectivity index (χ4n) is 4.89. The average Bonchev–Trinajstić information content (AvgIpc) is 3.17. The number of Topliss-reactive ketones (excluding diaryl/α,β-unsaturated/α-hetero) is 1. The number of amides is 1. The van der Waals surface area contributed by atoms with E-state index in [9.17, 15) is 9.59 Å². The van der Waals surface area contributed by atoms with E-state index in [-0.39, 0.29) is 23.1 Å². The van der Waals surface area contributed by atoms with Gasteiger partial charge in [-0.05, 0) is 48.9 Å². The molecule has 0 radical (unpaired) electrons. The third-order valence-electron chi connectivity index (χ3n) is 6.54. The lowest BCUT2D eigenvalue weighted by atomic mass is 9.72. The van der Waals surface area contributed by atoms with Gasteiger partial charge in [-0.1, -0.05) is 55.8 Å². The van der Waals surface area contributed by atoms with Gasteiger partial charge < -0.3 is 10.6 Å². The summed E-state index contributed by atoms with van der Waals surface area (Å²) in [5, 5.41) is 11.0. The number of ketones is 1. The maximum Gasteiger partial charge on any atom is 0.261 e. The molecular weight excluding hydrogens is 412 g/mol. The number of fused-ring (bicyclic) bond motifs is 1. The Balaban J connectivity index is 1.60. The lowest BCUT2D eigenvalue weighted by Gasteiger charge is -2.39. The molecular formula is C27H28N4O2. The van der Waals surface area contributed by atoms with Crippen LogP contribution in [0.4, 0.5) is 11.5 Å². The van der Waals surface area contributed by atoms with E-state index in [1.165, 1.54) is 0 Å². The molecule has 2 aromatic carbocycles. The smallest absolute Gasteiger partial charge is 0.261 e. The van der Waals surface area contributed by atoms with Crippen LogP contribution in [-0.4, -0.2) is 21.5 Å². The molecule has 1 aliphatic heterocycles. The summed E-state index contributed by atoms with van der Waals surface area (Å²) < 4.78 is 1.79. The van der Waals surface area contributed by atoms with Crippen molar-refractivity contribution in [2.45, 2.75) is 46.6 Å². The maximum absolute atomic E-state index is 13.3. The van der Waals surface area contributed by atoms with E-state index >= 15 is 0 Å². The standard InChI is InChI=1S/C27H28N4O2/c1-16-9-11-18(12-10-16)29-26(33)20-15-28-31-24(19-8-6-5-7-17(19)2)23-21(30-25(20)31)13-27(3,4)14-22(23)32/h5-12,15,24,30H,13-14H2,1-4H3,(H,29,33)/t24-/m0/s1. The first kappa shape index (κ1) is 21.2. The van der Waals surface area contributed by atoms with E-state index in [2.05, 4.69) is 29.6 Å². The Labute approximate surface area is 193 Å². The second-order valence-electron chi connectivity index (χ2n) is 9.89. The van der Waals surface area contributed by atoms with E-state index < -0.39 is 0 Å². The van der Waals surface area contributed by atoms with Crippen molar-refractivity contribution >= 4 is 23.2 Å². The fourth-order valence-corrected chi connectivity index (χ4v) is 4.89. The molecule has 3 aromatic rings. The summed E-state index contributed by atoms with van der Waals surface area (Å²) in [6.07, 6.45) is 2.82. The van der Waals surface area contributed by atoms with Crippen LogP contribution in [0.25, 0.3) is 0 Å². The second-order valence-corrected chi connectivity index (χ2v) is 9.89. The number of carbonyl (C=O) groups excluding carboxylic acids is 2. The van der Waals surface area contributed by atoms with Crippen LogP contribution in [0.15, 0.2) is 66.0 Å². The Morgan fingerprint density at radius 1 is 1.09 bits per heavy atom. The van der Waals surface area contributed by atoms with Gasteiger partial charge in [0.2, 0.25) is 0 Å². The second kappa shape index (κ2) is 7.73. The van der Waals surface area contributed by atoms with Crippen LogP contribution in [0.3, 0.4) is 0 Å². The summed E-state index contributed by atoms with van der Waals surface area (Å²) in [7, 11) is 0. The quantitative estimate of drug-likeness (QED) is 0.571. The number of aryl methyl sites for hydroxylation is 2. The molecule has 2 N–H and O–H groups in total. The zero-order valence-corrected chi connectivity index (χ0v) is 19.4. The monoisotopic (exact) mass is 440 g/mol. The van der Waals surface area contributed by atoms with Crippen molar-refractivity contribution in [3.63, 3.8) is 0 Å². The predicted octanol–water partition coefficient (Wildman–Crippen LogP) is 5.41. The maximum atomic E-state index is 13.3. The minimum absolute atomic E-state index is 0.133. The van der Waals surface area contributed by atoms with Crippen molar-refractivity contribution in [2.24, 2.45) is 5.41 Å². The van der Waals surface area contributed by atoms with Crippen molar-refractivity contribution in [3.8, 4) is 0 Å². The van der Waals surface area contributed by atoms with Crippen LogP contribution in [0, 0.1) is 19.3 Å². The summed E-state index contributed by atoms with van der Waals surface area (Å²) in [6, 6.07) is 15.4. The predicted molar refractivity (Wildman–Crippen MR) is 129 cm³/mol. The highest BCUT2D eigenvalue weighted by Crippen LogP contribution is 2.46. The number of rotatable bonds is 3. The number of aromatic nitrogens is 2. The molecule has 33 heavy (non-hydrogen) atoms. The number of carbonyl (C=O) groups is 2. The summed E-state index contributed by atoms with van der Waals surface area (Å²) in [6.45, 7) is 8.27. The Morgan fingerprint density at radius 2 is 1.82 bits per heavy atom. The molecule has 0 bridgehead atoms. The van der Waals surface area contributed by atoms with Crippen molar-refractivity contribution in [1.29, 1.82) is 0 Å². The Hall–Kier alpha value is -3.67. The van der Waals surface area contributed by atoms with Crippen molar-refractivity contribution < 1.29 is 9.59 Å². The van der Waals surface area contributed by atoms with Crippen LogP contribution in [0.5, 0.6) is 0 Å². The van der Waals surface area contributed by atoms with E-state index in [4.69, 9.17) is 0 Å². The van der Waals surface area contributed by atoms with E-state index in [0.717, 1.165) is 40.1 Å². The van der Waals surface area contributed by atoms with Gasteiger partial charge in [-0.15, -0.1) is 0 Å². The van der Waals surface area contributed by atoms with Gasteiger partial charge in [0.1, 0.15) is 17.4 Å². The molecule has 1 amide bonds. The van der Waals surface area contributed by atoms with Gasteiger partial charge in [-0.25, -0.2) is 4.68 Å². The van der Waals surface area contributed by atoms with Gasteiger partial charge >= 0.3 is 0 Å². The molecule has 6 nitrogen and oxygen atoms in total. The normalized spacial score (nSPS) is 18.9. The van der Waals surface area contributed by atoms with Gasteiger partial charge in [0.15, 0.2) is 5.78 Å². The summed E-state index contributed by atoms with van der Waals surface area (Å²) in [5.41, 5.74) is 5.91. The van der Waals surface area contributed by atoms with E-state index in [0.29, 0.717) is 17.8 Å². The highest BCUT2D eigenvalue weighted by molar-refractivity contribution is 6.08. The van der Waals surface area contributed by atoms with Crippen LogP contribution in [0.1, 0.15) is 59.8 Å². The van der Waals surface area contributed by atoms with Gasteiger partial charge in [0.05, 0.1) is 6.20 Å². The first-order valence-electron chi connectivity index (χ1n) is 11.3. The zero-order chi connectivity index (χ0) is 23.3. The zero-order valence-electron chi connectivity index (χ0n) is 19.4. The lowest BCUT2D eigenvalue weighted by molar-refractivity contribution is -0.118. The number of allylic oxidation sites excluding steroid dienone is 2. The molecule has 0 saturated carbocycles. The number of hydrogen-bond acceptors (Lipinski definition) is 4. The Bertz CT molecular complexity index is 1300. The fraction of sp³-hybridized carbons (Fsp3) is 0.296. The van der Waals surface area contributed by atoms with Crippen LogP contribution in [-0.2, 0) is 4.79 Å². The first-order chi connectivity index (χ1) is 15.7. The summed E-state index contributed by atoms with van der Waals surface area (Å²) in [5.74, 6) is 0.521. The number of hydrogen-bond donors (Lipinski definition) is 2. The number of nitrogens with one attached hydrogen (secondary N) is 2. The van der Waals surface area contributed by atoms with Crippen molar-refractivity contribution in [2.75, 3.05) is 10.6 Å². The molecule has 0 saturated heterocycles. The van der Waals surface area contributed by atoms with Gasteiger partial charge in [-0.2, -0.15) is 5.10 Å². The topological polar surface area (TPSA) is 76.0 Å². The van der Waals surface area contributed by atoms with Crippen molar-refractivity contribution in [3.05, 3.63) is 88.3 Å². The molecule has 1 atom stereocenters. The molecule has 1 aromatic heterocycles. The largest absolute Gasteiger partial charge is 0.343 e. The molecule has 0 unspecified atom stereocenters. The number of benzene rings is 2. The SMILES string of the molecule is Cc1ccc(NC(=O)c2cnn3c2NC2=C(C(=O)CC(C)(C)C2)[C@@H]3c2ccccc2C)cc1. The minimum atomic E-state index is -0.359. The van der Waals surface area contributed by atoms with E-state index in [1.807, 2.05) is 62.4 Å². The Morgan fingerprint density at radius 3 is 2.55 bits per heavy atom. The van der Waals surface area contributed by atoms with Gasteiger partial charge in [0.25, 0.3) is 5.91 Å². The third kappa shape index (κ3) is 3.75. The molecule has 0 fully saturated rings. The average molecular weight is 441 g/mol. The highest BCUT2D eigenvalue weighted by Gasteiger charge is 2.42. The summed E-state index contributed by atoms with van der Waals surface area (Å²) in [4.78, 5) is 26.5. The molecule has 5 rings (SSSR count). The molecule has 1 aliphatic carbocycles. The van der Waals surface area contributed by atoms with Crippen LogP contribution >= 0.6 is 0 Å². The molecule has 2 aliphatic rings. The summed E-state index contributed by atoms with van der Waals surface area (Å²) >= 11 is 0. The highest BCUT2D eigenvalue weighted by atomic mass is 16.1. The van der Waals surface area contributed by atoms with Crippen molar-refractivity contribution in [1.82, 2.24) is 9.78 Å². The van der Waals surface area contributed by atoms with Crippen LogP contribution in [0.2, 0.25) is 0 Å². The molecule has 6 heteroatoms. The lowest BCUT2D eigenvalue weighted by Crippen LogP contribution is -2.37. The molecule has 0 spiro atoms. The van der Waals surface area contributed by atoms with Crippen LogP contribution < -0.4 is 10.6 Å². The van der Waals surface area contributed by atoms with Gasteiger partial charge in [-0.3, -0.25) is 9.59 Å². The molecule has 2 heterocycles.